The number of para-hydroxylation sites is 1. The predicted octanol–water partition coefficient (Wildman–Crippen LogP) is 3.56. The van der Waals surface area contributed by atoms with Gasteiger partial charge in [0.15, 0.2) is 0 Å². The highest BCUT2D eigenvalue weighted by Crippen LogP contribution is 2.29. The van der Waals surface area contributed by atoms with Crippen molar-refractivity contribution < 1.29 is 24.2 Å². The van der Waals surface area contributed by atoms with Gasteiger partial charge in [0, 0.05) is 61.0 Å². The summed E-state index contributed by atoms with van der Waals surface area (Å²) in [5.74, 6) is 0.0900. The largest absolute Gasteiger partial charge is 0.488 e. The molecular weight excluding hydrogens is 534 g/mol. The second-order valence-corrected chi connectivity index (χ2v) is 11.7. The molecule has 1 aromatic heterocycles. The molecule has 4 rings (SSSR count). The van der Waals surface area contributed by atoms with Crippen molar-refractivity contribution in [3.8, 4) is 5.75 Å². The molecule has 3 aromatic rings. The topological polar surface area (TPSA) is 116 Å². The van der Waals surface area contributed by atoms with Crippen LogP contribution in [-0.4, -0.2) is 82.3 Å². The van der Waals surface area contributed by atoms with Crippen molar-refractivity contribution in [2.75, 3.05) is 32.1 Å². The smallest absolute Gasteiger partial charge is 0.317 e. The van der Waals surface area contributed by atoms with Crippen LogP contribution in [0.25, 0.3) is 10.9 Å². The lowest BCUT2D eigenvalue weighted by atomic mass is 10.0. The minimum absolute atomic E-state index is 0.00712. The molecule has 3 N–H and O–H groups in total. The number of carbonyl (C=O) groups excluding carboxylic acids is 3. The number of aliphatic hydroxyl groups is 1. The molecule has 0 fully saturated rings. The zero-order chi connectivity index (χ0) is 30.6. The Kier molecular flexibility index (Phi) is 9.78. The highest BCUT2D eigenvalue weighted by Gasteiger charge is 2.32. The second kappa shape index (κ2) is 13.3. The Morgan fingerprint density at radius 3 is 2.62 bits per heavy atom. The molecule has 10 nitrogen and oxygen atoms in total. The number of amides is 4. The van der Waals surface area contributed by atoms with Crippen LogP contribution in [0.5, 0.6) is 5.75 Å². The van der Waals surface area contributed by atoms with E-state index in [2.05, 4.69) is 10.6 Å². The van der Waals surface area contributed by atoms with Crippen molar-refractivity contribution >= 4 is 34.4 Å². The van der Waals surface area contributed by atoms with Gasteiger partial charge in [-0.3, -0.25) is 9.59 Å². The first-order chi connectivity index (χ1) is 20.0. The summed E-state index contributed by atoms with van der Waals surface area (Å²) in [7, 11) is 3.68. The van der Waals surface area contributed by atoms with Gasteiger partial charge in [0.1, 0.15) is 11.9 Å². The number of ether oxygens (including phenoxy) is 1. The standard InChI is InChI=1S/C32H43N5O5/c1-20(2)33-32(41)36(6)18-29-21(3)16-37(22(4)19-38)31(40)15-23-13-25(11-12-28(23)42-29)34-30(39)14-24-17-35(5)27-10-8-7-9-26(24)27/h7-13,17,20-22,29,38H,14-16,18-19H2,1-6H3,(H,33,41)(H,34,39)/t21-,22-,29+/m1/s1. The number of fused-ring (bicyclic) bond motifs is 2. The van der Waals surface area contributed by atoms with E-state index in [1.54, 1.807) is 35.0 Å². The molecule has 226 valence electrons. The van der Waals surface area contributed by atoms with E-state index in [-0.39, 0.29) is 55.3 Å². The Morgan fingerprint density at radius 1 is 1.17 bits per heavy atom. The number of hydrogen-bond donors (Lipinski definition) is 3. The van der Waals surface area contributed by atoms with Crippen molar-refractivity contribution in [3.63, 3.8) is 0 Å². The van der Waals surface area contributed by atoms with Crippen molar-refractivity contribution in [3.05, 3.63) is 59.8 Å². The molecule has 0 bridgehead atoms. The van der Waals surface area contributed by atoms with Crippen LogP contribution in [0, 0.1) is 5.92 Å². The van der Waals surface area contributed by atoms with Gasteiger partial charge in [0.25, 0.3) is 0 Å². The molecular formula is C32H43N5O5. The van der Waals surface area contributed by atoms with Gasteiger partial charge in [-0.15, -0.1) is 0 Å². The predicted molar refractivity (Wildman–Crippen MR) is 164 cm³/mol. The highest BCUT2D eigenvalue weighted by molar-refractivity contribution is 5.96. The van der Waals surface area contributed by atoms with E-state index in [0.29, 0.717) is 30.1 Å². The number of anilines is 1. The molecule has 0 saturated carbocycles. The van der Waals surface area contributed by atoms with E-state index >= 15 is 0 Å². The Hall–Kier alpha value is -4.05. The van der Waals surface area contributed by atoms with Gasteiger partial charge in [-0.25, -0.2) is 4.79 Å². The van der Waals surface area contributed by atoms with Crippen molar-refractivity contribution in [1.82, 2.24) is 19.7 Å². The van der Waals surface area contributed by atoms with E-state index in [0.717, 1.165) is 16.5 Å². The number of carbonyl (C=O) groups is 3. The van der Waals surface area contributed by atoms with Crippen LogP contribution in [0.4, 0.5) is 10.5 Å². The average Bonchev–Trinajstić information content (AvgIpc) is 3.27. The fourth-order valence-electron chi connectivity index (χ4n) is 5.38. The van der Waals surface area contributed by atoms with Gasteiger partial charge >= 0.3 is 6.03 Å². The van der Waals surface area contributed by atoms with Crippen molar-refractivity contribution in [2.24, 2.45) is 13.0 Å². The van der Waals surface area contributed by atoms with Crippen molar-refractivity contribution in [2.45, 2.75) is 58.7 Å². The third-order valence-corrected chi connectivity index (χ3v) is 7.74. The van der Waals surface area contributed by atoms with Crippen LogP contribution >= 0.6 is 0 Å². The summed E-state index contributed by atoms with van der Waals surface area (Å²) in [6.45, 7) is 8.10. The first-order valence-corrected chi connectivity index (χ1v) is 14.5. The third kappa shape index (κ3) is 7.23. The van der Waals surface area contributed by atoms with Crippen LogP contribution in [-0.2, 0) is 29.5 Å². The molecule has 0 saturated heterocycles. The lowest BCUT2D eigenvalue weighted by Crippen LogP contribution is -2.49. The summed E-state index contributed by atoms with van der Waals surface area (Å²) in [4.78, 5) is 42.5. The molecule has 0 spiro atoms. The number of nitrogens with zero attached hydrogens (tertiary/aromatic N) is 3. The number of rotatable bonds is 8. The molecule has 0 unspecified atom stereocenters. The van der Waals surface area contributed by atoms with E-state index in [1.807, 2.05) is 69.8 Å². The molecule has 1 aliphatic heterocycles. The molecule has 4 amide bonds. The van der Waals surface area contributed by atoms with Gasteiger partial charge in [-0.1, -0.05) is 25.1 Å². The molecule has 10 heteroatoms. The van der Waals surface area contributed by atoms with Crippen LogP contribution in [0.15, 0.2) is 48.7 Å². The lowest BCUT2D eigenvalue weighted by molar-refractivity contribution is -0.134. The zero-order valence-electron chi connectivity index (χ0n) is 25.4. The monoisotopic (exact) mass is 577 g/mol. The summed E-state index contributed by atoms with van der Waals surface area (Å²) in [5.41, 5.74) is 3.19. The third-order valence-electron chi connectivity index (χ3n) is 7.74. The molecule has 0 radical (unpaired) electrons. The van der Waals surface area contributed by atoms with Gasteiger partial charge < -0.3 is 34.8 Å². The number of nitrogens with one attached hydrogen (secondary N) is 2. The quantitative estimate of drug-likeness (QED) is 0.379. The fourth-order valence-corrected chi connectivity index (χ4v) is 5.38. The molecule has 2 heterocycles. The Balaban J connectivity index is 1.58. The van der Waals surface area contributed by atoms with E-state index < -0.39 is 6.10 Å². The molecule has 42 heavy (non-hydrogen) atoms. The summed E-state index contributed by atoms with van der Waals surface area (Å²) >= 11 is 0. The Labute approximate surface area is 247 Å². The molecule has 3 atom stereocenters. The number of aryl methyl sites for hydroxylation is 1. The van der Waals surface area contributed by atoms with Crippen LogP contribution < -0.4 is 15.4 Å². The molecule has 0 aliphatic carbocycles. The van der Waals surface area contributed by atoms with Gasteiger partial charge in [0.2, 0.25) is 11.8 Å². The van der Waals surface area contributed by atoms with E-state index in [1.165, 1.54) is 0 Å². The highest BCUT2D eigenvalue weighted by atomic mass is 16.5. The van der Waals surface area contributed by atoms with E-state index in [9.17, 15) is 19.5 Å². The van der Waals surface area contributed by atoms with Gasteiger partial charge in [-0.2, -0.15) is 0 Å². The normalized spacial score (nSPS) is 18.0. The fraction of sp³-hybridized carbons (Fsp3) is 0.469. The van der Waals surface area contributed by atoms with E-state index in [4.69, 9.17) is 4.74 Å². The first-order valence-electron chi connectivity index (χ1n) is 14.5. The Bertz CT molecular complexity index is 1430. The summed E-state index contributed by atoms with van der Waals surface area (Å²) < 4.78 is 8.50. The van der Waals surface area contributed by atoms with Crippen molar-refractivity contribution in [1.29, 1.82) is 0 Å². The number of benzene rings is 2. The number of urea groups is 1. The molecule has 2 aromatic carbocycles. The van der Waals surface area contributed by atoms with Crippen LogP contribution in [0.1, 0.15) is 38.8 Å². The SMILES string of the molecule is CC(C)NC(=O)N(C)C[C@@H]1Oc2ccc(NC(=O)Cc3cn(C)c4ccccc34)cc2CC(=O)N([C@H](C)CO)C[C@H]1C. The molecule has 1 aliphatic rings. The second-order valence-electron chi connectivity index (χ2n) is 11.7. The average molecular weight is 578 g/mol. The van der Waals surface area contributed by atoms with Gasteiger partial charge in [-0.05, 0) is 50.6 Å². The number of likely N-dealkylation sites (N-methyl/N-ethyl adjacent to an activating group) is 1. The maximum atomic E-state index is 13.5. The minimum Gasteiger partial charge on any atom is -0.488 e. The van der Waals surface area contributed by atoms with Gasteiger partial charge in [0.05, 0.1) is 32.0 Å². The minimum atomic E-state index is -0.419. The summed E-state index contributed by atoms with van der Waals surface area (Å²) in [6, 6.07) is 12.7. The van der Waals surface area contributed by atoms with Crippen LogP contribution in [0.3, 0.4) is 0 Å². The maximum Gasteiger partial charge on any atom is 0.317 e. The number of hydrogen-bond acceptors (Lipinski definition) is 5. The first kappa shape index (κ1) is 30.9. The number of aliphatic hydroxyl groups excluding tert-OH is 1. The van der Waals surface area contributed by atoms with Crippen LogP contribution in [0.2, 0.25) is 0 Å². The maximum absolute atomic E-state index is 13.5. The summed E-state index contributed by atoms with van der Waals surface area (Å²) in [6.07, 6.45) is 1.81. The summed E-state index contributed by atoms with van der Waals surface area (Å²) in [5, 5.41) is 16.8. The Morgan fingerprint density at radius 2 is 1.90 bits per heavy atom. The number of aromatic nitrogens is 1. The lowest BCUT2D eigenvalue weighted by Gasteiger charge is -2.34. The zero-order valence-corrected chi connectivity index (χ0v) is 25.4.